The summed E-state index contributed by atoms with van der Waals surface area (Å²) in [5, 5.41) is 0. The van der Waals surface area contributed by atoms with Crippen molar-refractivity contribution in [1.29, 1.82) is 0 Å². The molecule has 0 saturated heterocycles. The average molecular weight is 370 g/mol. The van der Waals surface area contributed by atoms with Gasteiger partial charge in [-0.05, 0) is 41.0 Å². The Morgan fingerprint density at radius 2 is 1.67 bits per heavy atom. The van der Waals surface area contributed by atoms with Gasteiger partial charge in [0.15, 0.2) is 11.5 Å². The van der Waals surface area contributed by atoms with Crippen molar-refractivity contribution in [3.8, 4) is 17.2 Å². The lowest BCUT2D eigenvalue weighted by Crippen LogP contribution is -2.22. The smallest absolute Gasteiger partial charge is 0.231 e. The summed E-state index contributed by atoms with van der Waals surface area (Å²) in [5.41, 5.74) is 3.87. The van der Waals surface area contributed by atoms with E-state index in [1.54, 1.807) is 12.1 Å². The van der Waals surface area contributed by atoms with E-state index < -0.39 is 0 Å². The highest BCUT2D eigenvalue weighted by molar-refractivity contribution is 5.55. The van der Waals surface area contributed by atoms with Gasteiger partial charge < -0.3 is 14.2 Å². The topological polar surface area (TPSA) is 27.7 Å². The maximum absolute atomic E-state index is 14.2. The Morgan fingerprint density at radius 1 is 0.889 bits per heavy atom. The third kappa shape index (κ3) is 3.26. The van der Waals surface area contributed by atoms with Crippen LogP contribution in [0.15, 0.2) is 24.3 Å². The zero-order chi connectivity index (χ0) is 19.4. The van der Waals surface area contributed by atoms with E-state index in [0.29, 0.717) is 6.61 Å². The molecule has 4 heteroatoms. The zero-order valence-corrected chi connectivity index (χ0v) is 16.7. The van der Waals surface area contributed by atoms with Crippen LogP contribution in [0.25, 0.3) is 0 Å². The Kier molecular flexibility index (Phi) is 4.13. The van der Waals surface area contributed by atoms with Crippen LogP contribution in [0.1, 0.15) is 56.9 Å². The van der Waals surface area contributed by atoms with Gasteiger partial charge >= 0.3 is 0 Å². The number of benzene rings is 2. The Labute approximate surface area is 160 Å². The van der Waals surface area contributed by atoms with Crippen LogP contribution in [0.4, 0.5) is 4.39 Å². The molecule has 0 spiro atoms. The van der Waals surface area contributed by atoms with E-state index in [9.17, 15) is 4.39 Å². The van der Waals surface area contributed by atoms with Gasteiger partial charge in [-0.3, -0.25) is 0 Å². The van der Waals surface area contributed by atoms with E-state index >= 15 is 0 Å². The SMILES string of the molecule is CC(C)(C)c1cc(CC(C)(C)c2cc(F)cc3c2OCC3)cc2c1OCO2. The lowest BCUT2D eigenvalue weighted by molar-refractivity contribution is 0.172. The first-order valence-electron chi connectivity index (χ1n) is 9.54. The second-order valence-electron chi connectivity index (χ2n) is 9.23. The molecule has 2 aliphatic rings. The van der Waals surface area contributed by atoms with E-state index in [0.717, 1.165) is 52.3 Å². The fourth-order valence-corrected chi connectivity index (χ4v) is 4.10. The van der Waals surface area contributed by atoms with Gasteiger partial charge in [0.1, 0.15) is 11.6 Å². The van der Waals surface area contributed by atoms with Crippen LogP contribution < -0.4 is 14.2 Å². The van der Waals surface area contributed by atoms with Crippen LogP contribution in [-0.4, -0.2) is 13.4 Å². The molecule has 0 aromatic heterocycles. The van der Waals surface area contributed by atoms with E-state index in [4.69, 9.17) is 14.2 Å². The van der Waals surface area contributed by atoms with E-state index in [-0.39, 0.29) is 23.4 Å². The summed E-state index contributed by atoms with van der Waals surface area (Å²) in [4.78, 5) is 0. The summed E-state index contributed by atoms with van der Waals surface area (Å²) in [5.74, 6) is 2.31. The molecular weight excluding hydrogens is 343 g/mol. The zero-order valence-electron chi connectivity index (χ0n) is 16.7. The molecule has 4 rings (SSSR count). The summed E-state index contributed by atoms with van der Waals surface area (Å²) in [6, 6.07) is 7.48. The molecule has 2 aliphatic heterocycles. The van der Waals surface area contributed by atoms with Gasteiger partial charge in [-0.25, -0.2) is 4.39 Å². The van der Waals surface area contributed by atoms with Gasteiger partial charge in [-0.15, -0.1) is 0 Å². The number of halogens is 1. The number of fused-ring (bicyclic) bond motifs is 2. The Morgan fingerprint density at radius 3 is 2.41 bits per heavy atom. The van der Waals surface area contributed by atoms with Crippen LogP contribution in [0.2, 0.25) is 0 Å². The molecule has 2 heterocycles. The maximum atomic E-state index is 14.2. The second-order valence-corrected chi connectivity index (χ2v) is 9.23. The highest BCUT2D eigenvalue weighted by Gasteiger charge is 2.32. The van der Waals surface area contributed by atoms with E-state index in [2.05, 4.69) is 46.8 Å². The van der Waals surface area contributed by atoms with Crippen LogP contribution in [-0.2, 0) is 23.7 Å². The summed E-state index contributed by atoms with van der Waals surface area (Å²) >= 11 is 0. The fraction of sp³-hybridized carbons (Fsp3) is 0.478. The van der Waals surface area contributed by atoms with Gasteiger partial charge in [0.2, 0.25) is 6.79 Å². The van der Waals surface area contributed by atoms with Crippen molar-refractivity contribution < 1.29 is 18.6 Å². The number of hydrogen-bond acceptors (Lipinski definition) is 3. The predicted octanol–water partition coefficient (Wildman–Crippen LogP) is 5.31. The number of ether oxygens (including phenoxy) is 3. The van der Waals surface area contributed by atoms with Crippen molar-refractivity contribution in [2.45, 2.75) is 58.3 Å². The van der Waals surface area contributed by atoms with Crippen molar-refractivity contribution in [1.82, 2.24) is 0 Å². The molecule has 2 aromatic carbocycles. The molecule has 0 amide bonds. The molecule has 144 valence electrons. The minimum atomic E-state index is -0.278. The second kappa shape index (κ2) is 6.15. The van der Waals surface area contributed by atoms with Crippen LogP contribution in [0, 0.1) is 5.82 Å². The molecule has 0 bridgehead atoms. The molecule has 27 heavy (non-hydrogen) atoms. The predicted molar refractivity (Wildman–Crippen MR) is 104 cm³/mol. The molecular formula is C23H27FO3. The monoisotopic (exact) mass is 370 g/mol. The van der Waals surface area contributed by atoms with Crippen molar-refractivity contribution in [2.75, 3.05) is 13.4 Å². The molecule has 0 fully saturated rings. The third-order valence-corrected chi connectivity index (χ3v) is 5.46. The molecule has 0 N–H and O–H groups in total. The Balaban J connectivity index is 1.74. The van der Waals surface area contributed by atoms with Crippen molar-refractivity contribution in [2.24, 2.45) is 0 Å². The Bertz CT molecular complexity index is 893. The highest BCUT2D eigenvalue weighted by Crippen LogP contribution is 2.45. The highest BCUT2D eigenvalue weighted by atomic mass is 19.1. The van der Waals surface area contributed by atoms with Crippen LogP contribution >= 0.6 is 0 Å². The maximum Gasteiger partial charge on any atom is 0.231 e. The lowest BCUT2D eigenvalue weighted by atomic mass is 9.76. The largest absolute Gasteiger partial charge is 0.493 e. The minimum Gasteiger partial charge on any atom is -0.493 e. The summed E-state index contributed by atoms with van der Waals surface area (Å²) < 4.78 is 31.4. The summed E-state index contributed by atoms with van der Waals surface area (Å²) in [6.07, 6.45) is 1.53. The molecule has 0 radical (unpaired) electrons. The van der Waals surface area contributed by atoms with Gasteiger partial charge in [0.25, 0.3) is 0 Å². The molecule has 0 saturated carbocycles. The minimum absolute atomic E-state index is 0.0544. The average Bonchev–Trinajstić information content (AvgIpc) is 3.20. The van der Waals surface area contributed by atoms with Gasteiger partial charge in [0, 0.05) is 23.1 Å². The molecule has 0 unspecified atom stereocenters. The van der Waals surface area contributed by atoms with Gasteiger partial charge in [-0.2, -0.15) is 0 Å². The van der Waals surface area contributed by atoms with E-state index in [1.807, 2.05) is 0 Å². The first-order valence-corrected chi connectivity index (χ1v) is 9.54. The quantitative estimate of drug-likeness (QED) is 0.733. The van der Waals surface area contributed by atoms with Gasteiger partial charge in [0.05, 0.1) is 6.61 Å². The molecule has 0 atom stereocenters. The van der Waals surface area contributed by atoms with Crippen molar-refractivity contribution >= 4 is 0 Å². The first-order chi connectivity index (χ1) is 12.6. The molecule has 0 aliphatic carbocycles. The number of rotatable bonds is 3. The lowest BCUT2D eigenvalue weighted by Gasteiger charge is -2.29. The summed E-state index contributed by atoms with van der Waals surface area (Å²) in [6.45, 7) is 11.7. The van der Waals surface area contributed by atoms with Gasteiger partial charge in [-0.1, -0.05) is 40.7 Å². The van der Waals surface area contributed by atoms with Crippen LogP contribution in [0.5, 0.6) is 17.2 Å². The molecule has 2 aromatic rings. The Hall–Kier alpha value is -2.23. The summed E-state index contributed by atoms with van der Waals surface area (Å²) in [7, 11) is 0. The van der Waals surface area contributed by atoms with Crippen molar-refractivity contribution in [3.05, 3.63) is 52.3 Å². The fourth-order valence-electron chi connectivity index (χ4n) is 4.10. The number of hydrogen-bond donors (Lipinski definition) is 0. The van der Waals surface area contributed by atoms with Crippen molar-refractivity contribution in [3.63, 3.8) is 0 Å². The third-order valence-electron chi connectivity index (χ3n) is 5.46. The first kappa shape index (κ1) is 18.1. The van der Waals surface area contributed by atoms with E-state index in [1.165, 1.54) is 0 Å². The molecule has 3 nitrogen and oxygen atoms in total. The van der Waals surface area contributed by atoms with Crippen LogP contribution in [0.3, 0.4) is 0 Å². The normalized spacial score (nSPS) is 15.6. The standard InChI is InChI=1S/C23H27FO3/c1-22(2,3)17-8-14(9-19-21(17)27-13-26-19)12-23(4,5)18-11-16(24)10-15-6-7-25-20(15)18/h8-11H,6-7,12-13H2,1-5H3.